The summed E-state index contributed by atoms with van der Waals surface area (Å²) in [4.78, 5) is 20.6. The van der Waals surface area contributed by atoms with E-state index < -0.39 is 6.10 Å². The number of nitrogens with zero attached hydrogens (tertiary/aromatic N) is 2. The minimum absolute atomic E-state index is 0.118. The monoisotopic (exact) mass is 389 g/mol. The van der Waals surface area contributed by atoms with Gasteiger partial charge >= 0.3 is 0 Å². The molecule has 2 aromatic rings. The van der Waals surface area contributed by atoms with Gasteiger partial charge in [0.05, 0.1) is 24.0 Å². The van der Waals surface area contributed by atoms with E-state index in [4.69, 9.17) is 4.74 Å². The van der Waals surface area contributed by atoms with Gasteiger partial charge in [0.1, 0.15) is 0 Å². The number of aryl methyl sites for hydroxylation is 1. The van der Waals surface area contributed by atoms with E-state index in [2.05, 4.69) is 34.3 Å². The number of methoxy groups -OCH3 is 1. The molecule has 1 amide bonds. The third-order valence-corrected chi connectivity index (χ3v) is 5.82. The zero-order valence-electron chi connectivity index (χ0n) is 15.9. The van der Waals surface area contributed by atoms with Gasteiger partial charge in [-0.25, -0.2) is 0 Å². The van der Waals surface area contributed by atoms with E-state index in [-0.39, 0.29) is 19.1 Å². The van der Waals surface area contributed by atoms with Gasteiger partial charge < -0.3 is 15.2 Å². The number of hydrogen-bond donors (Lipinski definition) is 2. The first-order chi connectivity index (χ1) is 13.1. The first-order valence-corrected chi connectivity index (χ1v) is 10.2. The highest BCUT2D eigenvalue weighted by Crippen LogP contribution is 2.29. The van der Waals surface area contributed by atoms with E-state index in [1.165, 1.54) is 17.6 Å². The molecule has 0 radical (unpaired) electrons. The van der Waals surface area contributed by atoms with Crippen LogP contribution in [0.5, 0.6) is 0 Å². The van der Waals surface area contributed by atoms with E-state index in [1.807, 2.05) is 11.6 Å². The van der Waals surface area contributed by atoms with Crippen LogP contribution < -0.4 is 5.32 Å². The lowest BCUT2D eigenvalue weighted by Gasteiger charge is -2.27. The summed E-state index contributed by atoms with van der Waals surface area (Å²) in [6, 6.07) is 4.25. The molecule has 6 nitrogen and oxygen atoms in total. The van der Waals surface area contributed by atoms with Crippen molar-refractivity contribution in [1.82, 2.24) is 15.2 Å². The smallest absolute Gasteiger partial charge is 0.252 e. The molecule has 0 aromatic carbocycles. The number of aliphatic hydroxyl groups excluding tert-OH is 1. The van der Waals surface area contributed by atoms with Gasteiger partial charge in [-0.2, -0.15) is 0 Å². The average molecular weight is 390 g/mol. The Bertz CT molecular complexity index is 760. The minimum atomic E-state index is -0.685. The Balaban J connectivity index is 1.58. The van der Waals surface area contributed by atoms with Crippen LogP contribution in [-0.2, 0) is 30.7 Å². The van der Waals surface area contributed by atoms with Gasteiger partial charge in [0.2, 0.25) is 0 Å². The maximum Gasteiger partial charge on any atom is 0.252 e. The Morgan fingerprint density at radius 1 is 1.48 bits per heavy atom. The van der Waals surface area contributed by atoms with Gasteiger partial charge in [-0.1, -0.05) is 13.0 Å². The number of carbonyl (C=O) groups excluding carboxylic acids is 1. The molecule has 0 bridgehead atoms. The topological polar surface area (TPSA) is 74.7 Å². The number of pyridine rings is 1. The molecule has 3 heterocycles. The molecule has 146 valence electrons. The molecule has 27 heavy (non-hydrogen) atoms. The molecule has 0 unspecified atom stereocenters. The summed E-state index contributed by atoms with van der Waals surface area (Å²) in [5.41, 5.74) is 4.22. The summed E-state index contributed by atoms with van der Waals surface area (Å²) < 4.78 is 4.88. The van der Waals surface area contributed by atoms with Crippen LogP contribution in [0.3, 0.4) is 0 Å². The van der Waals surface area contributed by atoms with E-state index in [1.54, 1.807) is 11.3 Å². The number of thiophene rings is 1. The molecular formula is C20H27N3O3S. The number of rotatable bonds is 8. The Hall–Kier alpha value is -1.80. The van der Waals surface area contributed by atoms with Crippen molar-refractivity contribution in [2.24, 2.45) is 0 Å². The van der Waals surface area contributed by atoms with Gasteiger partial charge in [-0.05, 0) is 30.0 Å². The quantitative estimate of drug-likeness (QED) is 0.722. The Morgan fingerprint density at radius 2 is 2.33 bits per heavy atom. The summed E-state index contributed by atoms with van der Waals surface area (Å²) in [5, 5.41) is 14.4. The van der Waals surface area contributed by atoms with E-state index in [9.17, 15) is 9.90 Å². The van der Waals surface area contributed by atoms with Crippen LogP contribution in [0.4, 0.5) is 0 Å². The van der Waals surface area contributed by atoms with Gasteiger partial charge in [0, 0.05) is 49.7 Å². The van der Waals surface area contributed by atoms with E-state index in [0.717, 1.165) is 49.3 Å². The lowest BCUT2D eigenvalue weighted by atomic mass is 10.0. The lowest BCUT2D eigenvalue weighted by molar-refractivity contribution is 0.0609. The number of carbonyl (C=O) groups is 1. The normalized spacial score (nSPS) is 15.4. The average Bonchev–Trinajstić information content (AvgIpc) is 3.10. The predicted octanol–water partition coefficient (Wildman–Crippen LogP) is 2.00. The van der Waals surface area contributed by atoms with Crippen molar-refractivity contribution in [1.29, 1.82) is 0 Å². The summed E-state index contributed by atoms with van der Waals surface area (Å²) in [6.07, 6.45) is 3.13. The van der Waals surface area contributed by atoms with Gasteiger partial charge in [0.15, 0.2) is 0 Å². The number of ether oxygens (including phenoxy) is 1. The fourth-order valence-electron chi connectivity index (χ4n) is 3.25. The SMILES string of the molecule is CCc1ccc(CN2CCc3c(C(=O)NC[C@@H](O)COC)csc3C2)nc1. The zero-order valence-corrected chi connectivity index (χ0v) is 16.7. The van der Waals surface area contributed by atoms with Crippen LogP contribution in [0.2, 0.25) is 0 Å². The molecule has 2 aromatic heterocycles. The van der Waals surface area contributed by atoms with Crippen molar-refractivity contribution in [3.05, 3.63) is 51.0 Å². The Kier molecular flexibility index (Phi) is 6.95. The molecule has 1 atom stereocenters. The summed E-state index contributed by atoms with van der Waals surface area (Å²) in [7, 11) is 1.53. The van der Waals surface area contributed by atoms with Crippen molar-refractivity contribution in [2.45, 2.75) is 39.0 Å². The number of amides is 1. The first kappa shape index (κ1) is 19.9. The second kappa shape index (κ2) is 9.41. The zero-order chi connectivity index (χ0) is 19.2. The lowest BCUT2D eigenvalue weighted by Crippen LogP contribution is -2.35. The van der Waals surface area contributed by atoms with Gasteiger partial charge in [-0.15, -0.1) is 11.3 Å². The molecule has 1 aliphatic heterocycles. The molecule has 3 rings (SSSR count). The van der Waals surface area contributed by atoms with E-state index in [0.29, 0.717) is 0 Å². The van der Waals surface area contributed by atoms with Crippen LogP contribution in [0.1, 0.15) is 39.0 Å². The van der Waals surface area contributed by atoms with Crippen molar-refractivity contribution >= 4 is 17.2 Å². The number of aliphatic hydroxyl groups is 1. The van der Waals surface area contributed by atoms with Crippen molar-refractivity contribution in [3.63, 3.8) is 0 Å². The second-order valence-electron chi connectivity index (χ2n) is 6.84. The number of fused-ring (bicyclic) bond motifs is 1. The second-order valence-corrected chi connectivity index (χ2v) is 7.81. The van der Waals surface area contributed by atoms with Crippen LogP contribution in [0.15, 0.2) is 23.7 Å². The van der Waals surface area contributed by atoms with Crippen LogP contribution in [-0.4, -0.2) is 53.8 Å². The molecule has 0 fully saturated rings. The maximum atomic E-state index is 12.4. The molecule has 7 heteroatoms. The molecule has 0 saturated heterocycles. The molecule has 2 N–H and O–H groups in total. The van der Waals surface area contributed by atoms with Crippen molar-refractivity contribution in [3.8, 4) is 0 Å². The Morgan fingerprint density at radius 3 is 3.04 bits per heavy atom. The molecule has 1 aliphatic rings. The molecular weight excluding hydrogens is 362 g/mol. The van der Waals surface area contributed by atoms with Crippen LogP contribution in [0, 0.1) is 0 Å². The number of hydrogen-bond acceptors (Lipinski definition) is 6. The fraction of sp³-hybridized carbons (Fsp3) is 0.500. The molecule has 0 saturated carbocycles. The van der Waals surface area contributed by atoms with Crippen LogP contribution >= 0.6 is 11.3 Å². The highest BCUT2D eigenvalue weighted by Gasteiger charge is 2.24. The standard InChI is InChI=1S/C20H27N3O3S/c1-3-14-4-5-15(21-8-14)10-23-7-6-17-18(13-27-19(17)11-23)20(25)22-9-16(24)12-26-2/h4-5,8,13,16,24H,3,6-7,9-12H2,1-2H3,(H,22,25)/t16-/m1/s1. The number of aromatic nitrogens is 1. The maximum absolute atomic E-state index is 12.4. The van der Waals surface area contributed by atoms with Gasteiger partial charge in [-0.3, -0.25) is 14.7 Å². The largest absolute Gasteiger partial charge is 0.389 e. The van der Waals surface area contributed by atoms with Gasteiger partial charge in [0.25, 0.3) is 5.91 Å². The summed E-state index contributed by atoms with van der Waals surface area (Å²) in [6.45, 7) is 5.12. The molecule has 0 aliphatic carbocycles. The third-order valence-electron chi connectivity index (χ3n) is 4.81. The predicted molar refractivity (Wildman–Crippen MR) is 106 cm³/mol. The van der Waals surface area contributed by atoms with Crippen molar-refractivity contribution in [2.75, 3.05) is 26.8 Å². The van der Waals surface area contributed by atoms with Crippen molar-refractivity contribution < 1.29 is 14.6 Å². The van der Waals surface area contributed by atoms with Crippen LogP contribution in [0.25, 0.3) is 0 Å². The molecule has 0 spiro atoms. The third kappa shape index (κ3) is 5.13. The minimum Gasteiger partial charge on any atom is -0.389 e. The highest BCUT2D eigenvalue weighted by molar-refractivity contribution is 7.10. The first-order valence-electron chi connectivity index (χ1n) is 9.31. The van der Waals surface area contributed by atoms with E-state index >= 15 is 0 Å². The number of nitrogens with one attached hydrogen (secondary N) is 1. The summed E-state index contributed by atoms with van der Waals surface area (Å²) >= 11 is 1.64. The Labute approximate surface area is 164 Å². The fourth-order valence-corrected chi connectivity index (χ4v) is 4.37. The highest BCUT2D eigenvalue weighted by atomic mass is 32.1. The summed E-state index contributed by atoms with van der Waals surface area (Å²) in [5.74, 6) is -0.118.